The number of ether oxygens (including phenoxy) is 2. The van der Waals surface area contributed by atoms with E-state index in [0.717, 1.165) is 25.7 Å². The van der Waals surface area contributed by atoms with Gasteiger partial charge in [0.05, 0.1) is 12.7 Å². The molecule has 0 spiro atoms. The number of alkyl halides is 2. The van der Waals surface area contributed by atoms with Gasteiger partial charge in [-0.3, -0.25) is 9.59 Å². The lowest BCUT2D eigenvalue weighted by Gasteiger charge is -2.34. The summed E-state index contributed by atoms with van der Waals surface area (Å²) in [6, 6.07) is 12.2. The van der Waals surface area contributed by atoms with Crippen LogP contribution in [0.25, 0.3) is 0 Å². The number of halogens is 2. The second kappa shape index (κ2) is 9.54. The van der Waals surface area contributed by atoms with E-state index < -0.39 is 12.7 Å². The van der Waals surface area contributed by atoms with E-state index in [0.29, 0.717) is 23.4 Å². The van der Waals surface area contributed by atoms with Crippen molar-refractivity contribution in [3.63, 3.8) is 0 Å². The second-order valence-corrected chi connectivity index (χ2v) is 8.17. The van der Waals surface area contributed by atoms with Crippen molar-refractivity contribution in [2.45, 2.75) is 50.8 Å². The van der Waals surface area contributed by atoms with Gasteiger partial charge in [-0.15, -0.1) is 0 Å². The van der Waals surface area contributed by atoms with Crippen LogP contribution in [0.5, 0.6) is 11.5 Å². The van der Waals surface area contributed by atoms with Crippen LogP contribution in [0.1, 0.15) is 42.5 Å². The Morgan fingerprint density at radius 3 is 2.50 bits per heavy atom. The van der Waals surface area contributed by atoms with Gasteiger partial charge in [-0.2, -0.15) is 8.78 Å². The van der Waals surface area contributed by atoms with Crippen molar-refractivity contribution in [1.29, 1.82) is 0 Å². The molecule has 1 N–H and O–H groups in total. The Morgan fingerprint density at radius 1 is 1.06 bits per heavy atom. The number of likely N-dealkylation sites (tertiary alicyclic amines) is 1. The number of hydrogen-bond acceptors (Lipinski definition) is 4. The quantitative estimate of drug-likeness (QED) is 0.701. The Labute approximate surface area is 185 Å². The van der Waals surface area contributed by atoms with Gasteiger partial charge < -0.3 is 19.7 Å². The highest BCUT2D eigenvalue weighted by Gasteiger charge is 2.48. The van der Waals surface area contributed by atoms with E-state index in [4.69, 9.17) is 4.74 Å². The molecule has 3 unspecified atom stereocenters. The first-order valence-electron chi connectivity index (χ1n) is 10.8. The topological polar surface area (TPSA) is 67.9 Å². The molecule has 1 heterocycles. The van der Waals surface area contributed by atoms with E-state index in [1.165, 1.54) is 31.4 Å². The predicted octanol–water partition coefficient (Wildman–Crippen LogP) is 4.71. The summed E-state index contributed by atoms with van der Waals surface area (Å²) in [5.74, 6) is 0.270. The lowest BCUT2D eigenvalue weighted by atomic mass is 9.84. The van der Waals surface area contributed by atoms with Gasteiger partial charge in [-0.25, -0.2) is 0 Å². The zero-order valence-corrected chi connectivity index (χ0v) is 17.8. The summed E-state index contributed by atoms with van der Waals surface area (Å²) in [4.78, 5) is 28.5. The van der Waals surface area contributed by atoms with Crippen molar-refractivity contribution in [1.82, 2.24) is 4.90 Å². The normalized spacial score (nSPS) is 22.4. The molecule has 0 radical (unpaired) electrons. The van der Waals surface area contributed by atoms with Gasteiger partial charge in [-0.1, -0.05) is 25.0 Å². The van der Waals surface area contributed by atoms with E-state index >= 15 is 0 Å². The molecule has 0 bridgehead atoms. The predicted molar refractivity (Wildman–Crippen MR) is 115 cm³/mol. The Bertz CT molecular complexity index is 967. The molecule has 1 aliphatic carbocycles. The third-order valence-electron chi connectivity index (χ3n) is 6.31. The highest BCUT2D eigenvalue weighted by atomic mass is 19.3. The highest BCUT2D eigenvalue weighted by molar-refractivity contribution is 6.03. The molecule has 2 aliphatic rings. The second-order valence-electron chi connectivity index (χ2n) is 8.17. The summed E-state index contributed by atoms with van der Waals surface area (Å²) in [6.07, 6.45) is 4.58. The first kappa shape index (κ1) is 22.0. The molecule has 1 saturated carbocycles. The number of benzene rings is 2. The summed E-state index contributed by atoms with van der Waals surface area (Å²) in [6.45, 7) is -2.91. The average Bonchev–Trinajstić information content (AvgIpc) is 3.19. The molecule has 2 fully saturated rings. The van der Waals surface area contributed by atoms with E-state index in [1.54, 1.807) is 29.2 Å². The van der Waals surface area contributed by atoms with Crippen LogP contribution in [0.15, 0.2) is 48.5 Å². The summed E-state index contributed by atoms with van der Waals surface area (Å²) >= 11 is 0. The zero-order chi connectivity index (χ0) is 22.7. The van der Waals surface area contributed by atoms with Crippen molar-refractivity contribution in [3.8, 4) is 11.5 Å². The minimum absolute atomic E-state index is 0.0119. The third kappa shape index (κ3) is 4.54. The van der Waals surface area contributed by atoms with Gasteiger partial charge in [0.1, 0.15) is 17.5 Å². The smallest absolute Gasteiger partial charge is 0.387 e. The summed E-state index contributed by atoms with van der Waals surface area (Å²) < 4.78 is 34.4. The summed E-state index contributed by atoms with van der Waals surface area (Å²) in [5.41, 5.74) is 0.892. The Morgan fingerprint density at radius 2 is 1.78 bits per heavy atom. The monoisotopic (exact) mass is 444 g/mol. The first-order valence-corrected chi connectivity index (χ1v) is 10.8. The molecular formula is C24H26F2N2O4. The maximum Gasteiger partial charge on any atom is 0.387 e. The maximum atomic E-state index is 13.6. The average molecular weight is 444 g/mol. The Hall–Kier alpha value is -3.16. The molecular weight excluding hydrogens is 418 g/mol. The van der Waals surface area contributed by atoms with Crippen LogP contribution in [0, 0.1) is 5.92 Å². The lowest BCUT2D eigenvalue weighted by molar-refractivity contribution is -0.120. The molecule has 2 aromatic rings. The SMILES string of the molecule is COc1ccccc1C(=O)N1C(C(=O)Nc2ccc(OC(F)F)cc2)CC2CCCCC21. The molecule has 6 nitrogen and oxygen atoms in total. The molecule has 3 atom stereocenters. The number of nitrogens with zero attached hydrogens (tertiary/aromatic N) is 1. The van der Waals surface area contributed by atoms with Crippen molar-refractivity contribution in [2.24, 2.45) is 5.92 Å². The minimum Gasteiger partial charge on any atom is -0.496 e. The number of carbonyl (C=O) groups is 2. The zero-order valence-electron chi connectivity index (χ0n) is 17.8. The lowest BCUT2D eigenvalue weighted by Crippen LogP contribution is -2.47. The standard InChI is InChI=1S/C24H26F2N2O4/c1-31-21-9-5-3-7-18(21)23(30)28-19-8-4-2-6-15(19)14-20(28)22(29)27-16-10-12-17(13-11-16)32-24(25)26/h3,5,7,9-13,15,19-20,24H,2,4,6,8,14H2,1H3,(H,27,29). The molecule has 32 heavy (non-hydrogen) atoms. The van der Waals surface area contributed by atoms with E-state index in [2.05, 4.69) is 10.1 Å². The Kier molecular flexibility index (Phi) is 6.58. The van der Waals surface area contributed by atoms with Gasteiger partial charge in [0.2, 0.25) is 5.91 Å². The molecule has 0 aromatic heterocycles. The molecule has 8 heteroatoms. The number of amides is 2. The number of carbonyl (C=O) groups excluding carboxylic acids is 2. The molecule has 4 rings (SSSR count). The van der Waals surface area contributed by atoms with E-state index in [-0.39, 0.29) is 29.5 Å². The van der Waals surface area contributed by atoms with Gasteiger partial charge >= 0.3 is 6.61 Å². The number of fused-ring (bicyclic) bond motifs is 1. The van der Waals surface area contributed by atoms with E-state index in [1.807, 2.05) is 0 Å². The number of hydrogen-bond donors (Lipinski definition) is 1. The molecule has 1 saturated heterocycles. The number of nitrogens with one attached hydrogen (secondary N) is 1. The van der Waals surface area contributed by atoms with Gasteiger partial charge in [0.25, 0.3) is 5.91 Å². The highest BCUT2D eigenvalue weighted by Crippen LogP contribution is 2.41. The molecule has 2 aromatic carbocycles. The number of methoxy groups -OCH3 is 1. The van der Waals surface area contributed by atoms with Gasteiger partial charge in [0.15, 0.2) is 0 Å². The van der Waals surface area contributed by atoms with Crippen LogP contribution in [0.3, 0.4) is 0 Å². The van der Waals surface area contributed by atoms with Crippen LogP contribution in [0.4, 0.5) is 14.5 Å². The number of para-hydroxylation sites is 1. The fraction of sp³-hybridized carbons (Fsp3) is 0.417. The minimum atomic E-state index is -2.91. The number of anilines is 1. The van der Waals surface area contributed by atoms with Crippen molar-refractivity contribution >= 4 is 17.5 Å². The largest absolute Gasteiger partial charge is 0.496 e. The molecule has 2 amide bonds. The first-order chi connectivity index (χ1) is 15.5. The van der Waals surface area contributed by atoms with Crippen LogP contribution >= 0.6 is 0 Å². The maximum absolute atomic E-state index is 13.6. The molecule has 1 aliphatic heterocycles. The fourth-order valence-corrected chi connectivity index (χ4v) is 4.89. The third-order valence-corrected chi connectivity index (χ3v) is 6.31. The van der Waals surface area contributed by atoms with Crippen molar-refractivity contribution in [2.75, 3.05) is 12.4 Å². The van der Waals surface area contributed by atoms with E-state index in [9.17, 15) is 18.4 Å². The van der Waals surface area contributed by atoms with Gasteiger partial charge in [-0.05, 0) is 61.6 Å². The van der Waals surface area contributed by atoms with Crippen LogP contribution < -0.4 is 14.8 Å². The Balaban J connectivity index is 1.56. The van der Waals surface area contributed by atoms with Crippen molar-refractivity contribution in [3.05, 3.63) is 54.1 Å². The number of rotatable bonds is 6. The van der Waals surface area contributed by atoms with Gasteiger partial charge in [0, 0.05) is 11.7 Å². The van der Waals surface area contributed by atoms with Crippen LogP contribution in [0.2, 0.25) is 0 Å². The fourth-order valence-electron chi connectivity index (χ4n) is 4.89. The summed E-state index contributed by atoms with van der Waals surface area (Å²) in [5, 5.41) is 2.83. The van der Waals surface area contributed by atoms with Crippen LogP contribution in [-0.4, -0.2) is 42.5 Å². The summed E-state index contributed by atoms with van der Waals surface area (Å²) in [7, 11) is 1.52. The molecule has 170 valence electrons. The van der Waals surface area contributed by atoms with Crippen LogP contribution in [-0.2, 0) is 4.79 Å². The van der Waals surface area contributed by atoms with Crippen molar-refractivity contribution < 1.29 is 27.8 Å².